The first-order chi connectivity index (χ1) is 16.4. The van der Waals surface area contributed by atoms with Gasteiger partial charge in [0.05, 0.1) is 12.3 Å². The monoisotopic (exact) mass is 472 g/mol. The third-order valence-electron chi connectivity index (χ3n) is 5.23. The lowest BCUT2D eigenvalue weighted by Crippen LogP contribution is -2.13. The molecule has 182 valence electrons. The molecule has 34 heavy (non-hydrogen) atoms. The Labute approximate surface area is 198 Å². The second kappa shape index (κ2) is 12.3. The van der Waals surface area contributed by atoms with Crippen LogP contribution in [0.4, 0.5) is 36.3 Å². The van der Waals surface area contributed by atoms with Crippen molar-refractivity contribution in [1.29, 1.82) is 0 Å². The highest BCUT2D eigenvalue weighted by atomic mass is 19.4. The number of nitrogens with zero attached hydrogens (tertiary/aromatic N) is 2. The minimum absolute atomic E-state index is 0.0677. The van der Waals surface area contributed by atoms with Crippen molar-refractivity contribution in [3.05, 3.63) is 65.9 Å². The summed E-state index contributed by atoms with van der Waals surface area (Å²) in [4.78, 5) is 8.03. The maximum atomic E-state index is 13.6. The fourth-order valence-corrected chi connectivity index (χ4v) is 3.42. The van der Waals surface area contributed by atoms with Crippen LogP contribution in [0.5, 0.6) is 5.75 Å². The van der Waals surface area contributed by atoms with Gasteiger partial charge in [-0.3, -0.25) is 0 Å². The number of ether oxygens (including phenoxy) is 1. The number of rotatable bonds is 12. The van der Waals surface area contributed by atoms with E-state index in [-0.39, 0.29) is 11.8 Å². The SMILES string of the molecule is CCCCCCc1ccc(Nc2ncc(C(F)(F)F)c(Nc3ccccc3OCCC)n2)cc1. The van der Waals surface area contributed by atoms with E-state index in [0.717, 1.165) is 25.5 Å². The van der Waals surface area contributed by atoms with Gasteiger partial charge in [-0.2, -0.15) is 18.2 Å². The molecule has 0 aliphatic heterocycles. The number of aromatic nitrogens is 2. The lowest BCUT2D eigenvalue weighted by Gasteiger charge is -2.17. The lowest BCUT2D eigenvalue weighted by atomic mass is 10.1. The Kier molecular flexibility index (Phi) is 9.13. The predicted octanol–water partition coefficient (Wildman–Crippen LogP) is 7.89. The van der Waals surface area contributed by atoms with Crippen LogP contribution in [-0.4, -0.2) is 16.6 Å². The van der Waals surface area contributed by atoms with Gasteiger partial charge in [-0.05, 0) is 49.1 Å². The summed E-state index contributed by atoms with van der Waals surface area (Å²) < 4.78 is 46.6. The van der Waals surface area contributed by atoms with Crippen LogP contribution in [0, 0.1) is 0 Å². The van der Waals surface area contributed by atoms with Crippen molar-refractivity contribution in [3.8, 4) is 5.75 Å². The van der Waals surface area contributed by atoms with Crippen LogP contribution in [0.2, 0.25) is 0 Å². The van der Waals surface area contributed by atoms with E-state index >= 15 is 0 Å². The number of unbranched alkanes of at least 4 members (excludes halogenated alkanes) is 3. The molecule has 0 unspecified atom stereocenters. The van der Waals surface area contributed by atoms with Gasteiger partial charge in [0.1, 0.15) is 17.1 Å². The van der Waals surface area contributed by atoms with Crippen LogP contribution in [0.25, 0.3) is 0 Å². The number of anilines is 4. The van der Waals surface area contributed by atoms with Crippen LogP contribution < -0.4 is 15.4 Å². The van der Waals surface area contributed by atoms with Gasteiger partial charge in [0.2, 0.25) is 5.95 Å². The Morgan fingerprint density at radius 2 is 1.65 bits per heavy atom. The number of aryl methyl sites for hydroxylation is 1. The molecular formula is C26H31F3N4O. The Balaban J connectivity index is 1.78. The third-order valence-corrected chi connectivity index (χ3v) is 5.23. The molecule has 0 bridgehead atoms. The summed E-state index contributed by atoms with van der Waals surface area (Å²) in [7, 11) is 0. The second-order valence-corrected chi connectivity index (χ2v) is 8.06. The molecular weight excluding hydrogens is 441 g/mol. The summed E-state index contributed by atoms with van der Waals surface area (Å²) in [6.45, 7) is 4.60. The van der Waals surface area contributed by atoms with Gasteiger partial charge >= 0.3 is 6.18 Å². The van der Waals surface area contributed by atoms with Crippen LogP contribution in [-0.2, 0) is 12.6 Å². The molecule has 0 aliphatic rings. The molecule has 1 aromatic heterocycles. The zero-order chi connectivity index (χ0) is 24.4. The van der Waals surface area contributed by atoms with Crippen molar-refractivity contribution >= 4 is 23.1 Å². The van der Waals surface area contributed by atoms with Gasteiger partial charge in [-0.25, -0.2) is 4.98 Å². The molecule has 0 aliphatic carbocycles. The van der Waals surface area contributed by atoms with Crippen molar-refractivity contribution in [2.24, 2.45) is 0 Å². The summed E-state index contributed by atoms with van der Waals surface area (Å²) >= 11 is 0. The Hall–Kier alpha value is -3.29. The maximum absolute atomic E-state index is 13.6. The van der Waals surface area contributed by atoms with Gasteiger partial charge in [0, 0.05) is 11.9 Å². The van der Waals surface area contributed by atoms with Crippen molar-refractivity contribution in [1.82, 2.24) is 9.97 Å². The highest BCUT2D eigenvalue weighted by Crippen LogP contribution is 2.37. The smallest absolute Gasteiger partial charge is 0.421 e. The van der Waals surface area contributed by atoms with Gasteiger partial charge in [0.25, 0.3) is 0 Å². The minimum Gasteiger partial charge on any atom is -0.491 e. The molecule has 0 spiro atoms. The molecule has 2 N–H and O–H groups in total. The molecule has 0 fully saturated rings. The van der Waals surface area contributed by atoms with Gasteiger partial charge in [0.15, 0.2) is 0 Å². The number of hydrogen-bond acceptors (Lipinski definition) is 5. The topological polar surface area (TPSA) is 59.1 Å². The summed E-state index contributed by atoms with van der Waals surface area (Å²) in [6, 6.07) is 14.6. The molecule has 0 amide bonds. The zero-order valence-corrected chi connectivity index (χ0v) is 19.6. The average Bonchev–Trinajstić information content (AvgIpc) is 2.82. The van der Waals surface area contributed by atoms with Gasteiger partial charge < -0.3 is 15.4 Å². The van der Waals surface area contributed by atoms with E-state index in [1.165, 1.54) is 24.8 Å². The molecule has 0 saturated heterocycles. The zero-order valence-electron chi connectivity index (χ0n) is 19.6. The number of alkyl halides is 3. The van der Waals surface area contributed by atoms with Crippen LogP contribution >= 0.6 is 0 Å². The standard InChI is InChI=1S/C26H31F3N4O/c1-3-5-6-7-10-19-13-15-20(16-14-19)31-25-30-18-21(26(27,28)29)24(33-25)32-22-11-8-9-12-23(22)34-17-4-2/h8-9,11-16,18H,3-7,10,17H2,1-2H3,(H2,30,31,32,33). The molecule has 0 atom stereocenters. The first kappa shape index (κ1) is 25.3. The fraction of sp³-hybridized carbons (Fsp3) is 0.385. The number of para-hydroxylation sites is 2. The lowest BCUT2D eigenvalue weighted by molar-refractivity contribution is -0.137. The Bertz CT molecular complexity index is 1040. The predicted molar refractivity (Wildman–Crippen MR) is 130 cm³/mol. The largest absolute Gasteiger partial charge is 0.491 e. The summed E-state index contributed by atoms with van der Waals surface area (Å²) in [5.74, 6) is 0.184. The van der Waals surface area contributed by atoms with E-state index in [1.807, 2.05) is 31.2 Å². The van der Waals surface area contributed by atoms with Crippen LogP contribution in [0.3, 0.4) is 0 Å². The fourth-order valence-electron chi connectivity index (χ4n) is 3.42. The van der Waals surface area contributed by atoms with E-state index in [1.54, 1.807) is 24.3 Å². The number of hydrogen-bond donors (Lipinski definition) is 2. The summed E-state index contributed by atoms with van der Waals surface area (Å²) in [5.41, 5.74) is 1.38. The van der Waals surface area contributed by atoms with E-state index < -0.39 is 11.7 Å². The molecule has 3 aromatic rings. The molecule has 2 aromatic carbocycles. The highest BCUT2D eigenvalue weighted by Gasteiger charge is 2.35. The maximum Gasteiger partial charge on any atom is 0.421 e. The molecule has 3 rings (SSSR count). The van der Waals surface area contributed by atoms with Crippen molar-refractivity contribution < 1.29 is 17.9 Å². The van der Waals surface area contributed by atoms with Crippen LogP contribution in [0.1, 0.15) is 57.1 Å². The molecule has 1 heterocycles. The number of nitrogens with one attached hydrogen (secondary N) is 2. The van der Waals surface area contributed by atoms with Crippen molar-refractivity contribution in [2.75, 3.05) is 17.2 Å². The first-order valence-electron chi connectivity index (χ1n) is 11.7. The van der Waals surface area contributed by atoms with E-state index in [2.05, 4.69) is 27.5 Å². The third kappa shape index (κ3) is 7.37. The number of halogens is 3. The molecule has 5 nitrogen and oxygen atoms in total. The Morgan fingerprint density at radius 1 is 0.882 bits per heavy atom. The van der Waals surface area contributed by atoms with Crippen molar-refractivity contribution in [2.45, 2.75) is 58.5 Å². The highest BCUT2D eigenvalue weighted by molar-refractivity contribution is 5.67. The van der Waals surface area contributed by atoms with E-state index in [0.29, 0.717) is 23.7 Å². The normalized spacial score (nSPS) is 11.3. The summed E-state index contributed by atoms with van der Waals surface area (Å²) in [6.07, 6.45) is 2.74. The first-order valence-corrected chi connectivity index (χ1v) is 11.7. The van der Waals surface area contributed by atoms with E-state index in [4.69, 9.17) is 4.74 Å². The average molecular weight is 473 g/mol. The van der Waals surface area contributed by atoms with Gasteiger partial charge in [-0.1, -0.05) is 57.4 Å². The Morgan fingerprint density at radius 3 is 2.35 bits per heavy atom. The molecule has 0 radical (unpaired) electrons. The quantitative estimate of drug-likeness (QED) is 0.262. The van der Waals surface area contributed by atoms with Crippen LogP contribution in [0.15, 0.2) is 54.7 Å². The molecule has 0 saturated carbocycles. The molecule has 8 heteroatoms. The minimum atomic E-state index is -4.61. The van der Waals surface area contributed by atoms with Gasteiger partial charge in [-0.15, -0.1) is 0 Å². The number of benzene rings is 2. The van der Waals surface area contributed by atoms with E-state index in [9.17, 15) is 13.2 Å². The second-order valence-electron chi connectivity index (χ2n) is 8.06. The summed E-state index contributed by atoms with van der Waals surface area (Å²) in [5, 5.41) is 5.79. The van der Waals surface area contributed by atoms with Crippen molar-refractivity contribution in [3.63, 3.8) is 0 Å².